The third-order valence-electron chi connectivity index (χ3n) is 5.50. The summed E-state index contributed by atoms with van der Waals surface area (Å²) in [5.41, 5.74) is 1.30. The zero-order valence-corrected chi connectivity index (χ0v) is 18.4. The van der Waals surface area contributed by atoms with Crippen molar-refractivity contribution in [2.45, 2.75) is 56.2 Å². The number of benzene rings is 2. The van der Waals surface area contributed by atoms with Gasteiger partial charge in [0, 0.05) is 18.7 Å². The summed E-state index contributed by atoms with van der Waals surface area (Å²) in [6.07, 6.45) is -8.74. The number of aliphatic carboxylic acids is 1. The van der Waals surface area contributed by atoms with E-state index in [0.717, 1.165) is 5.56 Å². The van der Waals surface area contributed by atoms with E-state index in [0.29, 0.717) is 12.0 Å². The molecule has 7 atom stereocenters. The molecule has 34 heavy (non-hydrogen) atoms. The molecule has 11 nitrogen and oxygen atoms in total. The molecule has 2 unspecified atom stereocenters. The number of aliphatic hydroxyl groups is 4. The van der Waals surface area contributed by atoms with E-state index in [1.54, 1.807) is 24.3 Å². The molecule has 0 aliphatic carbocycles. The Morgan fingerprint density at radius 1 is 1.03 bits per heavy atom. The van der Waals surface area contributed by atoms with Crippen molar-refractivity contribution >= 4 is 5.97 Å². The predicted molar refractivity (Wildman–Crippen MR) is 117 cm³/mol. The smallest absolute Gasteiger partial charge is 0.335 e. The van der Waals surface area contributed by atoms with E-state index in [-0.39, 0.29) is 29.8 Å². The summed E-state index contributed by atoms with van der Waals surface area (Å²) < 4.78 is 10.6. The molecule has 1 aliphatic rings. The van der Waals surface area contributed by atoms with Gasteiger partial charge in [-0.05, 0) is 48.7 Å². The molecule has 11 heteroatoms. The molecule has 3 rings (SSSR count). The topological polar surface area (TPSA) is 189 Å². The lowest BCUT2D eigenvalue weighted by Gasteiger charge is -2.38. The fourth-order valence-corrected chi connectivity index (χ4v) is 3.65. The Morgan fingerprint density at radius 3 is 2.24 bits per heavy atom. The maximum Gasteiger partial charge on any atom is 0.335 e. The minimum Gasteiger partial charge on any atom is -0.508 e. The quantitative estimate of drug-likeness (QED) is 0.234. The lowest BCUT2D eigenvalue weighted by Crippen LogP contribution is -2.61. The summed E-state index contributed by atoms with van der Waals surface area (Å²) in [5, 5.41) is 71.3. The number of carboxylic acid groups (broad SMARTS) is 1. The number of hydrogen-bond acceptors (Lipinski definition) is 10. The van der Waals surface area contributed by atoms with E-state index < -0.39 is 42.8 Å². The Labute approximate surface area is 195 Å². The number of rotatable bonds is 9. The van der Waals surface area contributed by atoms with Gasteiger partial charge >= 0.3 is 5.97 Å². The van der Waals surface area contributed by atoms with Crippen LogP contribution in [0.3, 0.4) is 0 Å². The van der Waals surface area contributed by atoms with Gasteiger partial charge in [-0.15, -0.1) is 0 Å². The van der Waals surface area contributed by atoms with Crippen LogP contribution in [0.15, 0.2) is 42.5 Å². The fraction of sp³-hybridized carbons (Fsp3) is 0.435. The molecule has 1 heterocycles. The van der Waals surface area contributed by atoms with Gasteiger partial charge in [0.05, 0.1) is 6.10 Å². The van der Waals surface area contributed by atoms with Gasteiger partial charge in [-0.2, -0.15) is 0 Å². The normalized spacial score (nSPS) is 26.6. The zero-order chi connectivity index (χ0) is 25.0. The van der Waals surface area contributed by atoms with Crippen molar-refractivity contribution in [1.82, 2.24) is 5.32 Å². The minimum absolute atomic E-state index is 0.0382. The molecule has 0 saturated carbocycles. The van der Waals surface area contributed by atoms with E-state index >= 15 is 0 Å². The van der Waals surface area contributed by atoms with Crippen LogP contribution in [0, 0.1) is 0 Å². The second-order valence-electron chi connectivity index (χ2n) is 8.31. The number of nitrogens with one attached hydrogen (secondary N) is 1. The molecule has 0 bridgehead atoms. The molecule has 186 valence electrons. The van der Waals surface area contributed by atoms with Crippen LogP contribution >= 0.6 is 0 Å². The van der Waals surface area contributed by atoms with Crippen LogP contribution in [0.1, 0.15) is 24.2 Å². The number of carboxylic acids is 1. The van der Waals surface area contributed by atoms with Crippen molar-refractivity contribution in [2.75, 3.05) is 6.54 Å². The van der Waals surface area contributed by atoms with Crippen molar-refractivity contribution in [3.8, 4) is 17.2 Å². The number of hydrogen-bond donors (Lipinski definition) is 8. The van der Waals surface area contributed by atoms with Gasteiger partial charge in [-0.1, -0.05) is 12.1 Å². The molecule has 8 N–H and O–H groups in total. The fourth-order valence-electron chi connectivity index (χ4n) is 3.65. The summed E-state index contributed by atoms with van der Waals surface area (Å²) in [6, 6.07) is 10.6. The highest BCUT2D eigenvalue weighted by Crippen LogP contribution is 2.26. The van der Waals surface area contributed by atoms with Crippen molar-refractivity contribution in [1.29, 1.82) is 0 Å². The molecule has 1 saturated heterocycles. The lowest BCUT2D eigenvalue weighted by molar-refractivity contribution is -0.271. The first kappa shape index (κ1) is 25.7. The van der Waals surface area contributed by atoms with Crippen LogP contribution in [0.5, 0.6) is 17.2 Å². The first-order chi connectivity index (χ1) is 16.0. The van der Waals surface area contributed by atoms with Gasteiger partial charge in [0.1, 0.15) is 35.6 Å². The number of aliphatic hydroxyl groups excluding tert-OH is 4. The minimum atomic E-state index is -1.79. The van der Waals surface area contributed by atoms with Crippen LogP contribution in [-0.2, 0) is 16.0 Å². The average molecular weight is 479 g/mol. The zero-order valence-electron chi connectivity index (χ0n) is 18.4. The molecule has 2 aromatic rings. The maximum absolute atomic E-state index is 11.2. The summed E-state index contributed by atoms with van der Waals surface area (Å²) in [7, 11) is 0. The third-order valence-corrected chi connectivity index (χ3v) is 5.50. The Bertz CT molecular complexity index is 948. The molecular weight excluding hydrogens is 450 g/mol. The number of carbonyl (C=O) groups is 1. The lowest BCUT2D eigenvalue weighted by atomic mass is 9.99. The van der Waals surface area contributed by atoms with Gasteiger partial charge in [0.25, 0.3) is 0 Å². The highest BCUT2D eigenvalue weighted by Gasteiger charge is 2.48. The monoisotopic (exact) mass is 479 g/mol. The van der Waals surface area contributed by atoms with Gasteiger partial charge in [-0.25, -0.2) is 4.79 Å². The Morgan fingerprint density at radius 2 is 1.65 bits per heavy atom. The number of ether oxygens (including phenoxy) is 2. The number of phenolic OH excluding ortho intramolecular Hbond substituents is 2. The molecule has 2 aromatic carbocycles. The molecule has 0 aromatic heterocycles. The van der Waals surface area contributed by atoms with Crippen molar-refractivity contribution < 1.29 is 50.0 Å². The van der Waals surface area contributed by atoms with Gasteiger partial charge in [0.2, 0.25) is 6.29 Å². The third kappa shape index (κ3) is 6.35. The molecule has 0 spiro atoms. The Hall–Kier alpha value is -2.93. The largest absolute Gasteiger partial charge is 0.508 e. The van der Waals surface area contributed by atoms with Crippen molar-refractivity contribution in [2.24, 2.45) is 0 Å². The number of aromatic hydroxyl groups is 2. The molecular formula is C23H29NO10. The van der Waals surface area contributed by atoms with Crippen LogP contribution in [0.2, 0.25) is 0 Å². The SMILES string of the molecule is CC(Cc1ccc(O[C@@H]2O[C@H](C(=O)O)[C@@H](O)[C@H](O)[C@H]2O)cc1)NCC(O)c1cc(O)cc(O)c1. The second-order valence-corrected chi connectivity index (χ2v) is 8.31. The van der Waals surface area contributed by atoms with E-state index in [1.165, 1.54) is 18.2 Å². The molecule has 0 amide bonds. The highest BCUT2D eigenvalue weighted by molar-refractivity contribution is 5.73. The highest BCUT2D eigenvalue weighted by atomic mass is 16.7. The summed E-state index contributed by atoms with van der Waals surface area (Å²) >= 11 is 0. The van der Waals surface area contributed by atoms with Gasteiger partial charge in [0.15, 0.2) is 6.10 Å². The Kier molecular flexibility index (Phi) is 8.31. The summed E-state index contributed by atoms with van der Waals surface area (Å²) in [4.78, 5) is 11.2. The second kappa shape index (κ2) is 11.0. The van der Waals surface area contributed by atoms with Crippen molar-refractivity contribution in [3.63, 3.8) is 0 Å². The van der Waals surface area contributed by atoms with E-state index in [1.807, 2.05) is 6.92 Å². The van der Waals surface area contributed by atoms with Crippen LogP contribution in [0.25, 0.3) is 0 Å². The van der Waals surface area contributed by atoms with Gasteiger partial charge < -0.3 is 50.5 Å². The van der Waals surface area contributed by atoms with Crippen LogP contribution < -0.4 is 10.1 Å². The van der Waals surface area contributed by atoms with Gasteiger partial charge in [-0.3, -0.25) is 0 Å². The van der Waals surface area contributed by atoms with E-state index in [2.05, 4.69) is 5.32 Å². The van der Waals surface area contributed by atoms with E-state index in [4.69, 9.17) is 14.6 Å². The first-order valence-corrected chi connectivity index (χ1v) is 10.7. The molecule has 0 radical (unpaired) electrons. The predicted octanol–water partition coefficient (Wildman–Crippen LogP) is -0.377. The van der Waals surface area contributed by atoms with Crippen LogP contribution in [0.4, 0.5) is 0 Å². The average Bonchev–Trinajstić information content (AvgIpc) is 2.78. The maximum atomic E-state index is 11.2. The van der Waals surface area contributed by atoms with Crippen LogP contribution in [-0.4, -0.2) is 85.0 Å². The standard InChI is InChI=1S/C23H29NO10/c1-11(24-10-17(27)13-7-14(25)9-15(26)8-13)6-12-2-4-16(5-3-12)33-23-20(30)18(28)19(29)21(34-23)22(31)32/h2-5,7-9,11,17-21,23-30H,6,10H2,1H3,(H,31,32)/t11?,17?,18-,19-,20+,21-,23+/m0/s1. The molecule has 1 aliphatic heterocycles. The Balaban J connectivity index is 1.52. The van der Waals surface area contributed by atoms with E-state index in [9.17, 15) is 35.4 Å². The molecule has 1 fully saturated rings. The first-order valence-electron chi connectivity index (χ1n) is 10.7. The summed E-state index contributed by atoms with van der Waals surface area (Å²) in [6.45, 7) is 2.11. The van der Waals surface area contributed by atoms with Crippen molar-refractivity contribution in [3.05, 3.63) is 53.6 Å². The summed E-state index contributed by atoms with van der Waals surface area (Å²) in [5.74, 6) is -1.51. The number of phenols is 2.